The van der Waals surface area contributed by atoms with Gasteiger partial charge < -0.3 is 5.32 Å². The molecule has 0 heterocycles. The molecule has 0 aliphatic rings. The third kappa shape index (κ3) is 3.92. The summed E-state index contributed by atoms with van der Waals surface area (Å²) in [5.74, 6) is 0.316. The molecule has 0 radical (unpaired) electrons. The second-order valence-electron chi connectivity index (χ2n) is 5.48. The molecule has 2 aromatic carbocycles. The van der Waals surface area contributed by atoms with Crippen molar-refractivity contribution in [2.45, 2.75) is 32.7 Å². The number of hydrogen-bond donors (Lipinski definition) is 1. The highest BCUT2D eigenvalue weighted by molar-refractivity contribution is 9.10. The number of benzene rings is 2. The summed E-state index contributed by atoms with van der Waals surface area (Å²) in [5, 5.41) is 3.37. The van der Waals surface area contributed by atoms with Gasteiger partial charge in [0, 0.05) is 10.0 Å². The Morgan fingerprint density at radius 1 is 1.05 bits per heavy atom. The molecule has 3 heteroatoms. The molecular formula is C18H21BrFN. The van der Waals surface area contributed by atoms with E-state index < -0.39 is 0 Å². The van der Waals surface area contributed by atoms with E-state index in [4.69, 9.17) is 0 Å². The first-order chi connectivity index (χ1) is 10.0. The molecule has 1 N–H and O–H groups in total. The predicted octanol–water partition coefficient (Wildman–Crippen LogP) is 5.41. The molecule has 0 amide bonds. The van der Waals surface area contributed by atoms with E-state index in [1.807, 2.05) is 13.0 Å². The van der Waals surface area contributed by atoms with Gasteiger partial charge in [0.15, 0.2) is 0 Å². The average Bonchev–Trinajstić information content (AvgIpc) is 2.48. The molecule has 0 spiro atoms. The lowest BCUT2D eigenvalue weighted by Gasteiger charge is -2.20. The molecule has 1 atom stereocenters. The van der Waals surface area contributed by atoms with Crippen LogP contribution in [0.4, 0.5) is 4.39 Å². The summed E-state index contributed by atoms with van der Waals surface area (Å²) in [4.78, 5) is 0. The van der Waals surface area contributed by atoms with Gasteiger partial charge in [0.25, 0.3) is 0 Å². The van der Waals surface area contributed by atoms with Crippen molar-refractivity contribution in [1.29, 1.82) is 0 Å². The van der Waals surface area contributed by atoms with Crippen molar-refractivity contribution >= 4 is 15.9 Å². The van der Waals surface area contributed by atoms with Crippen LogP contribution in [0, 0.1) is 5.82 Å². The first-order valence-corrected chi connectivity index (χ1v) is 8.10. The normalized spacial score (nSPS) is 12.7. The smallest absolute Gasteiger partial charge is 0.128 e. The van der Waals surface area contributed by atoms with Gasteiger partial charge in [-0.05, 0) is 41.8 Å². The topological polar surface area (TPSA) is 12.0 Å². The van der Waals surface area contributed by atoms with E-state index in [2.05, 4.69) is 59.4 Å². The second-order valence-corrected chi connectivity index (χ2v) is 6.39. The van der Waals surface area contributed by atoms with Crippen LogP contribution in [0.15, 0.2) is 46.9 Å². The second kappa shape index (κ2) is 7.19. The van der Waals surface area contributed by atoms with Crippen molar-refractivity contribution in [3.8, 4) is 0 Å². The third-order valence-electron chi connectivity index (χ3n) is 3.61. The molecule has 0 saturated heterocycles. The summed E-state index contributed by atoms with van der Waals surface area (Å²) in [6.07, 6.45) is 0. The molecular weight excluding hydrogens is 329 g/mol. The fraction of sp³-hybridized carbons (Fsp3) is 0.333. The molecule has 2 rings (SSSR count). The van der Waals surface area contributed by atoms with E-state index in [1.54, 1.807) is 6.07 Å². The van der Waals surface area contributed by atoms with Crippen LogP contribution < -0.4 is 5.32 Å². The zero-order valence-corrected chi connectivity index (χ0v) is 14.2. The van der Waals surface area contributed by atoms with Crippen LogP contribution in [0.1, 0.15) is 49.4 Å². The van der Waals surface area contributed by atoms with Gasteiger partial charge in [-0.3, -0.25) is 0 Å². The van der Waals surface area contributed by atoms with Crippen LogP contribution in [0.3, 0.4) is 0 Å². The maximum atomic E-state index is 14.2. The fourth-order valence-corrected chi connectivity index (χ4v) is 2.80. The van der Waals surface area contributed by atoms with Gasteiger partial charge in [-0.1, -0.05) is 61.0 Å². The lowest BCUT2D eigenvalue weighted by molar-refractivity contribution is 0.558. The molecule has 0 aliphatic heterocycles. The van der Waals surface area contributed by atoms with Gasteiger partial charge in [-0.2, -0.15) is 0 Å². The molecule has 1 unspecified atom stereocenters. The zero-order valence-electron chi connectivity index (χ0n) is 12.7. The number of hydrogen-bond acceptors (Lipinski definition) is 1. The Morgan fingerprint density at radius 3 is 2.24 bits per heavy atom. The first kappa shape index (κ1) is 16.2. The van der Waals surface area contributed by atoms with Crippen molar-refractivity contribution in [1.82, 2.24) is 5.32 Å². The summed E-state index contributed by atoms with van der Waals surface area (Å²) >= 11 is 3.42. The molecule has 1 nitrogen and oxygen atoms in total. The van der Waals surface area contributed by atoms with Gasteiger partial charge in [0.1, 0.15) is 5.82 Å². The maximum Gasteiger partial charge on any atom is 0.128 e. The van der Waals surface area contributed by atoms with E-state index in [9.17, 15) is 4.39 Å². The summed E-state index contributed by atoms with van der Waals surface area (Å²) in [7, 11) is 0. The highest BCUT2D eigenvalue weighted by Crippen LogP contribution is 2.28. The van der Waals surface area contributed by atoms with Crippen molar-refractivity contribution < 1.29 is 4.39 Å². The summed E-state index contributed by atoms with van der Waals surface area (Å²) in [6, 6.07) is 13.4. The van der Waals surface area contributed by atoms with Crippen LogP contribution in [-0.2, 0) is 0 Å². The van der Waals surface area contributed by atoms with Gasteiger partial charge in [-0.15, -0.1) is 0 Å². The number of rotatable bonds is 5. The minimum Gasteiger partial charge on any atom is -0.306 e. The molecule has 2 aromatic rings. The molecule has 0 fully saturated rings. The van der Waals surface area contributed by atoms with Crippen LogP contribution in [0.5, 0.6) is 0 Å². The largest absolute Gasteiger partial charge is 0.306 e. The van der Waals surface area contributed by atoms with Crippen LogP contribution in [0.2, 0.25) is 0 Å². The molecule has 112 valence electrons. The monoisotopic (exact) mass is 349 g/mol. The Kier molecular flexibility index (Phi) is 5.54. The van der Waals surface area contributed by atoms with E-state index in [-0.39, 0.29) is 11.9 Å². The molecule has 0 saturated carbocycles. The fourth-order valence-electron chi connectivity index (χ4n) is 2.42. The molecule has 0 aromatic heterocycles. The summed E-state index contributed by atoms with van der Waals surface area (Å²) < 4.78 is 15.1. The first-order valence-electron chi connectivity index (χ1n) is 7.31. The number of halogens is 2. The maximum absolute atomic E-state index is 14.2. The minimum absolute atomic E-state index is 0.131. The van der Waals surface area contributed by atoms with Crippen molar-refractivity contribution in [3.63, 3.8) is 0 Å². The third-order valence-corrected chi connectivity index (χ3v) is 4.11. The standard InChI is InChI=1S/C18H21BrFN/c1-4-21-18(16-11-15(19)9-10-17(16)20)14-7-5-13(6-8-14)12(2)3/h5-12,18,21H,4H2,1-3H3. The van der Waals surface area contributed by atoms with Gasteiger partial charge in [0.2, 0.25) is 0 Å². The minimum atomic E-state index is -0.183. The van der Waals surface area contributed by atoms with E-state index in [0.717, 1.165) is 16.6 Å². The highest BCUT2D eigenvalue weighted by Gasteiger charge is 2.17. The Labute approximate surface area is 134 Å². The SMILES string of the molecule is CCNC(c1ccc(C(C)C)cc1)c1cc(Br)ccc1F. The van der Waals surface area contributed by atoms with E-state index in [0.29, 0.717) is 11.5 Å². The average molecular weight is 350 g/mol. The quantitative estimate of drug-likeness (QED) is 0.760. The predicted molar refractivity (Wildman–Crippen MR) is 90.2 cm³/mol. The highest BCUT2D eigenvalue weighted by atomic mass is 79.9. The van der Waals surface area contributed by atoms with E-state index in [1.165, 1.54) is 11.6 Å². The van der Waals surface area contributed by atoms with E-state index >= 15 is 0 Å². The van der Waals surface area contributed by atoms with Gasteiger partial charge in [0.05, 0.1) is 6.04 Å². The molecule has 0 aliphatic carbocycles. The zero-order chi connectivity index (χ0) is 15.4. The summed E-state index contributed by atoms with van der Waals surface area (Å²) in [5.41, 5.74) is 3.05. The molecule has 21 heavy (non-hydrogen) atoms. The Morgan fingerprint density at radius 2 is 1.67 bits per heavy atom. The molecule has 0 bridgehead atoms. The van der Waals surface area contributed by atoms with Crippen molar-refractivity contribution in [2.24, 2.45) is 0 Å². The van der Waals surface area contributed by atoms with Gasteiger partial charge in [-0.25, -0.2) is 4.39 Å². The Bertz CT molecular complexity index is 593. The van der Waals surface area contributed by atoms with Crippen LogP contribution in [-0.4, -0.2) is 6.54 Å². The van der Waals surface area contributed by atoms with Gasteiger partial charge >= 0.3 is 0 Å². The Balaban J connectivity index is 2.40. The summed E-state index contributed by atoms with van der Waals surface area (Å²) in [6.45, 7) is 7.16. The lowest BCUT2D eigenvalue weighted by atomic mass is 9.95. The number of nitrogens with one attached hydrogen (secondary N) is 1. The van der Waals surface area contributed by atoms with Crippen LogP contribution >= 0.6 is 15.9 Å². The lowest BCUT2D eigenvalue weighted by Crippen LogP contribution is -2.23. The van der Waals surface area contributed by atoms with Crippen molar-refractivity contribution in [3.05, 3.63) is 69.4 Å². The van der Waals surface area contributed by atoms with Crippen molar-refractivity contribution in [2.75, 3.05) is 6.54 Å². The Hall–Kier alpha value is -1.19. The van der Waals surface area contributed by atoms with Crippen LogP contribution in [0.25, 0.3) is 0 Å².